The van der Waals surface area contributed by atoms with Crippen LogP contribution >= 0.6 is 15.9 Å². The average molecular weight is 401 g/mol. The third-order valence-electron chi connectivity index (χ3n) is 4.02. The summed E-state index contributed by atoms with van der Waals surface area (Å²) in [6.07, 6.45) is 2.69. The molecule has 2 aromatic rings. The smallest absolute Gasteiger partial charge is 0.355 e. The van der Waals surface area contributed by atoms with Gasteiger partial charge in [-0.25, -0.2) is 13.2 Å². The number of rotatable bonds is 3. The minimum atomic E-state index is -3.77. The van der Waals surface area contributed by atoms with Crippen molar-refractivity contribution in [3.05, 3.63) is 28.4 Å². The molecule has 0 amide bonds. The monoisotopic (exact) mass is 400 g/mol. The molecular formula is C15H17BrN2O4S. The summed E-state index contributed by atoms with van der Waals surface area (Å²) in [6, 6.07) is 5.23. The third-order valence-corrected chi connectivity index (χ3v) is 6.49. The number of H-pyrrole nitrogens is 1. The van der Waals surface area contributed by atoms with Crippen LogP contribution in [0, 0.1) is 0 Å². The number of carbonyl (C=O) groups excluding carboxylic acids is 1. The Labute approximate surface area is 143 Å². The maximum Gasteiger partial charge on any atom is 0.355 e. The van der Waals surface area contributed by atoms with E-state index in [1.165, 1.54) is 11.4 Å². The third kappa shape index (κ3) is 2.90. The molecule has 1 fully saturated rings. The molecule has 0 aliphatic carbocycles. The lowest BCUT2D eigenvalue weighted by Gasteiger charge is -2.26. The van der Waals surface area contributed by atoms with E-state index in [0.29, 0.717) is 24.0 Å². The van der Waals surface area contributed by atoms with E-state index < -0.39 is 16.0 Å². The summed E-state index contributed by atoms with van der Waals surface area (Å²) in [6.45, 7) is 0.952. The molecule has 1 aromatic heterocycles. The van der Waals surface area contributed by atoms with Crippen molar-refractivity contribution in [2.24, 2.45) is 0 Å². The van der Waals surface area contributed by atoms with Gasteiger partial charge >= 0.3 is 5.97 Å². The van der Waals surface area contributed by atoms with Crippen molar-refractivity contribution >= 4 is 42.8 Å². The Kier molecular flexibility index (Phi) is 4.48. The van der Waals surface area contributed by atoms with Gasteiger partial charge in [0.2, 0.25) is 10.0 Å². The Morgan fingerprint density at radius 2 is 1.96 bits per heavy atom. The van der Waals surface area contributed by atoms with E-state index in [1.807, 2.05) is 0 Å². The molecular weight excluding hydrogens is 384 g/mol. The number of benzene rings is 1. The van der Waals surface area contributed by atoms with Gasteiger partial charge in [-0.15, -0.1) is 0 Å². The van der Waals surface area contributed by atoms with Crippen molar-refractivity contribution < 1.29 is 17.9 Å². The first-order valence-electron chi connectivity index (χ1n) is 7.35. The van der Waals surface area contributed by atoms with Crippen LogP contribution < -0.4 is 0 Å². The Bertz CT molecular complexity index is 854. The SMILES string of the molecule is COC(=O)c1[nH]c2ccc(Br)cc2c1S(=O)(=O)N1CCCCC1. The molecule has 6 nitrogen and oxygen atoms in total. The van der Waals surface area contributed by atoms with Crippen molar-refractivity contribution in [2.45, 2.75) is 24.2 Å². The fourth-order valence-electron chi connectivity index (χ4n) is 2.89. The molecule has 23 heavy (non-hydrogen) atoms. The molecule has 2 heterocycles. The molecule has 0 saturated carbocycles. The number of nitrogens with one attached hydrogen (secondary N) is 1. The highest BCUT2D eigenvalue weighted by atomic mass is 79.9. The number of aromatic nitrogens is 1. The lowest BCUT2D eigenvalue weighted by atomic mass is 10.2. The summed E-state index contributed by atoms with van der Waals surface area (Å²) in [5.74, 6) is -0.687. The van der Waals surface area contributed by atoms with Gasteiger partial charge in [-0.05, 0) is 31.0 Å². The van der Waals surface area contributed by atoms with Crippen LogP contribution in [-0.4, -0.2) is 43.9 Å². The predicted octanol–water partition coefficient (Wildman–Crippen LogP) is 2.89. The summed E-state index contributed by atoms with van der Waals surface area (Å²) < 4.78 is 33.1. The van der Waals surface area contributed by atoms with Crippen LogP contribution in [0.5, 0.6) is 0 Å². The normalized spacial score (nSPS) is 16.6. The second kappa shape index (κ2) is 6.26. The van der Waals surface area contributed by atoms with Crippen LogP contribution in [0.25, 0.3) is 10.9 Å². The van der Waals surface area contributed by atoms with Crippen LogP contribution in [0.1, 0.15) is 29.8 Å². The van der Waals surface area contributed by atoms with Gasteiger partial charge in [-0.1, -0.05) is 22.4 Å². The number of hydrogen-bond donors (Lipinski definition) is 1. The second-order valence-corrected chi connectivity index (χ2v) is 8.27. The van der Waals surface area contributed by atoms with E-state index in [2.05, 4.69) is 20.9 Å². The molecule has 1 aliphatic heterocycles. The van der Waals surface area contributed by atoms with E-state index in [1.54, 1.807) is 18.2 Å². The zero-order valence-electron chi connectivity index (χ0n) is 12.6. The summed E-state index contributed by atoms with van der Waals surface area (Å²) in [5.41, 5.74) is 0.565. The van der Waals surface area contributed by atoms with Crippen molar-refractivity contribution in [1.82, 2.24) is 9.29 Å². The lowest BCUT2D eigenvalue weighted by Crippen LogP contribution is -2.36. The van der Waals surface area contributed by atoms with Crippen LogP contribution in [0.2, 0.25) is 0 Å². The molecule has 0 radical (unpaired) electrons. The number of methoxy groups -OCH3 is 1. The summed E-state index contributed by atoms with van der Waals surface area (Å²) in [4.78, 5) is 15.0. The quantitative estimate of drug-likeness (QED) is 0.803. The van der Waals surface area contributed by atoms with Gasteiger partial charge in [-0.2, -0.15) is 4.31 Å². The number of sulfonamides is 1. The summed E-state index contributed by atoms with van der Waals surface area (Å²) in [5, 5.41) is 0.491. The van der Waals surface area contributed by atoms with Gasteiger partial charge < -0.3 is 9.72 Å². The second-order valence-electron chi connectivity index (χ2n) is 5.48. The van der Waals surface area contributed by atoms with E-state index in [0.717, 1.165) is 23.7 Å². The average Bonchev–Trinajstić information content (AvgIpc) is 2.94. The first-order valence-corrected chi connectivity index (χ1v) is 9.58. The molecule has 124 valence electrons. The number of aromatic amines is 1. The molecule has 0 spiro atoms. The lowest BCUT2D eigenvalue weighted by molar-refractivity contribution is 0.0590. The molecule has 1 aliphatic rings. The number of carbonyl (C=O) groups is 1. The first kappa shape index (κ1) is 16.5. The summed E-state index contributed by atoms with van der Waals surface area (Å²) >= 11 is 3.35. The van der Waals surface area contributed by atoms with Crippen LogP contribution in [0.4, 0.5) is 0 Å². The highest BCUT2D eigenvalue weighted by Gasteiger charge is 2.34. The number of hydrogen-bond acceptors (Lipinski definition) is 4. The maximum absolute atomic E-state index is 13.1. The Balaban J connectivity index is 2.24. The maximum atomic E-state index is 13.1. The van der Waals surface area contributed by atoms with Gasteiger partial charge in [-0.3, -0.25) is 0 Å². The zero-order valence-corrected chi connectivity index (χ0v) is 15.0. The van der Waals surface area contributed by atoms with Gasteiger partial charge in [0.1, 0.15) is 10.6 Å². The highest BCUT2D eigenvalue weighted by Crippen LogP contribution is 2.33. The van der Waals surface area contributed by atoms with Crippen LogP contribution in [-0.2, 0) is 14.8 Å². The highest BCUT2D eigenvalue weighted by molar-refractivity contribution is 9.10. The van der Waals surface area contributed by atoms with E-state index >= 15 is 0 Å². The number of nitrogens with zero attached hydrogens (tertiary/aromatic N) is 1. The molecule has 3 rings (SSSR count). The van der Waals surface area contributed by atoms with Crippen LogP contribution in [0.15, 0.2) is 27.6 Å². The van der Waals surface area contributed by atoms with Crippen molar-refractivity contribution in [3.8, 4) is 0 Å². The number of piperidine rings is 1. The fourth-order valence-corrected chi connectivity index (χ4v) is 5.08. The molecule has 8 heteroatoms. The Morgan fingerprint density at radius 3 is 2.61 bits per heavy atom. The Morgan fingerprint density at radius 1 is 1.26 bits per heavy atom. The molecule has 0 atom stereocenters. The Hall–Kier alpha value is -1.38. The van der Waals surface area contributed by atoms with E-state index in [-0.39, 0.29) is 10.6 Å². The minimum absolute atomic E-state index is 0.00236. The number of esters is 1. The zero-order chi connectivity index (χ0) is 16.6. The first-order chi connectivity index (χ1) is 10.9. The number of fused-ring (bicyclic) bond motifs is 1. The van der Waals surface area contributed by atoms with Crippen molar-refractivity contribution in [1.29, 1.82) is 0 Å². The molecule has 1 aromatic carbocycles. The molecule has 0 bridgehead atoms. The predicted molar refractivity (Wildman–Crippen MR) is 89.9 cm³/mol. The van der Waals surface area contributed by atoms with Gasteiger partial charge in [0.15, 0.2) is 0 Å². The molecule has 1 N–H and O–H groups in total. The minimum Gasteiger partial charge on any atom is -0.464 e. The standard InChI is InChI=1S/C15H17BrN2O4S/c1-22-15(19)13-14(11-9-10(16)5-6-12(11)17-13)23(20,21)18-7-3-2-4-8-18/h5-6,9,17H,2-4,7-8H2,1H3. The topological polar surface area (TPSA) is 79.5 Å². The van der Waals surface area contributed by atoms with E-state index in [4.69, 9.17) is 4.74 Å². The van der Waals surface area contributed by atoms with Gasteiger partial charge in [0.25, 0.3) is 0 Å². The largest absolute Gasteiger partial charge is 0.464 e. The summed E-state index contributed by atoms with van der Waals surface area (Å²) in [7, 11) is -2.53. The van der Waals surface area contributed by atoms with Crippen molar-refractivity contribution in [2.75, 3.05) is 20.2 Å². The molecule has 0 unspecified atom stereocenters. The van der Waals surface area contributed by atoms with Crippen molar-refractivity contribution in [3.63, 3.8) is 0 Å². The number of ether oxygens (including phenoxy) is 1. The van der Waals surface area contributed by atoms with Gasteiger partial charge in [0.05, 0.1) is 7.11 Å². The molecule has 1 saturated heterocycles. The van der Waals surface area contributed by atoms with E-state index in [9.17, 15) is 13.2 Å². The fraction of sp³-hybridized carbons (Fsp3) is 0.400. The van der Waals surface area contributed by atoms with Gasteiger partial charge in [0, 0.05) is 28.5 Å². The van der Waals surface area contributed by atoms with Crippen LogP contribution in [0.3, 0.4) is 0 Å². The number of halogens is 1.